The van der Waals surface area contributed by atoms with Crippen LogP contribution in [0.5, 0.6) is 0 Å². The number of carbonyl (C=O) groups is 2. The van der Waals surface area contributed by atoms with E-state index in [2.05, 4.69) is 34.3 Å². The molecule has 2 rings (SSSR count). The maximum absolute atomic E-state index is 13.0. The molecule has 0 aromatic rings. The fourth-order valence-corrected chi connectivity index (χ4v) is 8.44. The van der Waals surface area contributed by atoms with Crippen molar-refractivity contribution in [2.24, 2.45) is 10.8 Å². The minimum absolute atomic E-state index is 0.0117. The Kier molecular flexibility index (Phi) is 12.6. The molecule has 0 saturated carbocycles. The first-order valence-corrected chi connectivity index (χ1v) is 17.2. The molecule has 0 radical (unpaired) electrons. The van der Waals surface area contributed by atoms with Crippen molar-refractivity contribution in [3.8, 4) is 0 Å². The van der Waals surface area contributed by atoms with Crippen LogP contribution in [-0.2, 0) is 31.9 Å². The maximum Gasteiger partial charge on any atom is 0.248 e. The summed E-state index contributed by atoms with van der Waals surface area (Å²) in [6, 6.07) is 0. The van der Waals surface area contributed by atoms with E-state index in [1.807, 2.05) is 30.6 Å². The Morgan fingerprint density at radius 2 is 1.31 bits per heavy atom. The van der Waals surface area contributed by atoms with Crippen molar-refractivity contribution < 1.29 is 18.7 Å². The molecule has 12 heteroatoms. The molecule has 2 saturated heterocycles. The second-order valence-electron chi connectivity index (χ2n) is 12.1. The van der Waals surface area contributed by atoms with Gasteiger partial charge in [-0.2, -0.15) is 0 Å². The van der Waals surface area contributed by atoms with Gasteiger partial charge >= 0.3 is 0 Å². The molecular weight excluding hydrogens is 573 g/mol. The summed E-state index contributed by atoms with van der Waals surface area (Å²) in [4.78, 5) is 32.5. The lowest BCUT2D eigenvalue weighted by molar-refractivity contribution is -0.126. The summed E-state index contributed by atoms with van der Waals surface area (Å²) >= 11 is 8.55. The van der Waals surface area contributed by atoms with Gasteiger partial charge in [0.2, 0.25) is 11.8 Å². The molecule has 2 heterocycles. The van der Waals surface area contributed by atoms with Crippen LogP contribution in [0.1, 0.15) is 67.7 Å². The Morgan fingerprint density at radius 1 is 0.897 bits per heavy atom. The highest BCUT2D eigenvalue weighted by atomic mass is 32.2. The average Bonchev–Trinajstić information content (AvgIpc) is 3.29. The zero-order chi connectivity index (χ0) is 29.7. The Bertz CT molecular complexity index is 945. The predicted molar refractivity (Wildman–Crippen MR) is 169 cm³/mol. The highest BCUT2D eigenvalue weighted by Gasteiger charge is 2.38. The van der Waals surface area contributed by atoms with Gasteiger partial charge in [0.1, 0.15) is 21.7 Å². The topological polar surface area (TPSA) is 93.2 Å². The first-order valence-electron chi connectivity index (χ1n) is 13.6. The fourth-order valence-electron chi connectivity index (χ4n) is 4.61. The minimum Gasteiger partial charge on any atom is -0.616 e. The average molecular weight is 619 g/mol. The third kappa shape index (κ3) is 9.56. The van der Waals surface area contributed by atoms with Crippen LogP contribution in [0, 0.1) is 10.8 Å². The molecular formula is C27H46N4O4S4. The number of likely N-dealkylation sites (N-methyl/N-ethyl adjacent to an activating group) is 2. The molecule has 0 spiro atoms. The molecule has 0 bridgehead atoms. The molecule has 0 aromatic carbocycles. The summed E-state index contributed by atoms with van der Waals surface area (Å²) in [7, 11) is 0. The Morgan fingerprint density at radius 3 is 1.69 bits per heavy atom. The number of nitrogens with zero attached hydrogens (tertiary/aromatic N) is 4. The number of amides is 2. The number of carbonyl (C=O) groups excluding carboxylic acids is 2. The van der Waals surface area contributed by atoms with Gasteiger partial charge in [-0.25, -0.2) is 0 Å². The fraction of sp³-hybridized carbons (Fsp3) is 0.778. The smallest absolute Gasteiger partial charge is 0.248 e. The van der Waals surface area contributed by atoms with Crippen LogP contribution >= 0.6 is 24.4 Å². The Balaban J connectivity index is 1.79. The van der Waals surface area contributed by atoms with E-state index in [0.717, 1.165) is 0 Å². The second kappa shape index (κ2) is 14.3. The maximum atomic E-state index is 13.0. The second-order valence-corrected chi connectivity index (χ2v) is 16.5. The van der Waals surface area contributed by atoms with Crippen LogP contribution in [-0.4, -0.2) is 107 Å². The Labute approximate surface area is 252 Å². The molecule has 222 valence electrons. The first-order chi connectivity index (χ1) is 18.0. The van der Waals surface area contributed by atoms with E-state index in [-0.39, 0.29) is 27.9 Å². The molecule has 2 aliphatic heterocycles. The molecule has 0 N–H and O–H groups in total. The van der Waals surface area contributed by atoms with E-state index in [0.29, 0.717) is 85.2 Å². The van der Waals surface area contributed by atoms with E-state index in [9.17, 15) is 18.7 Å². The monoisotopic (exact) mass is 618 g/mol. The van der Waals surface area contributed by atoms with Crippen LogP contribution < -0.4 is 0 Å². The summed E-state index contributed by atoms with van der Waals surface area (Å²) < 4.78 is 26.0. The molecule has 2 aliphatic rings. The standard InChI is InChI=1S/C27H46N4O4S4/c1-9-28-16-22(32)30(24(28)36)18-26(5,6)11-13-38(34)20(3)15-21(4)39(35)14-12-27(7,8)19-31-23(33)17-29(10-2)25(31)37/h21H,3,9-19H2,1-2,4-8H3. The van der Waals surface area contributed by atoms with Crippen LogP contribution in [0.15, 0.2) is 11.5 Å². The summed E-state index contributed by atoms with van der Waals surface area (Å²) in [5.41, 5.74) is -0.496. The number of hydrogen-bond acceptors (Lipinski definition) is 6. The molecule has 39 heavy (non-hydrogen) atoms. The van der Waals surface area contributed by atoms with Gasteiger partial charge in [0, 0.05) is 26.2 Å². The summed E-state index contributed by atoms with van der Waals surface area (Å²) in [5.74, 6) is 0.955. The lowest BCUT2D eigenvalue weighted by Crippen LogP contribution is -2.40. The normalized spacial score (nSPS) is 19.4. The van der Waals surface area contributed by atoms with Crippen LogP contribution in [0.2, 0.25) is 0 Å². The predicted octanol–water partition coefficient (Wildman–Crippen LogP) is 3.51. The zero-order valence-electron chi connectivity index (χ0n) is 24.6. The van der Waals surface area contributed by atoms with E-state index < -0.39 is 22.4 Å². The SMILES string of the molecule is C=C(CC(C)[S+]([O-])CCC(C)(C)CN1C(=O)CN(CC)C1=S)[S+]([O-])CCC(C)(C)CN1C(=O)CN(CC)C1=S. The van der Waals surface area contributed by atoms with Crippen LogP contribution in [0.3, 0.4) is 0 Å². The summed E-state index contributed by atoms with van der Waals surface area (Å²) in [5, 5.41) is 0.970. The molecule has 8 nitrogen and oxygen atoms in total. The lowest BCUT2D eigenvalue weighted by Gasteiger charge is -2.31. The first kappa shape index (κ1) is 34.3. The van der Waals surface area contributed by atoms with Gasteiger partial charge in [0.25, 0.3) is 0 Å². The van der Waals surface area contributed by atoms with Crippen molar-refractivity contribution in [2.75, 3.05) is 50.8 Å². The van der Waals surface area contributed by atoms with E-state index >= 15 is 0 Å². The minimum atomic E-state index is -1.25. The summed E-state index contributed by atoms with van der Waals surface area (Å²) in [6.07, 6.45) is 1.76. The van der Waals surface area contributed by atoms with Gasteiger partial charge in [0.05, 0.1) is 19.5 Å². The van der Waals surface area contributed by atoms with Crippen molar-refractivity contribution in [2.45, 2.75) is 73.0 Å². The van der Waals surface area contributed by atoms with Crippen molar-refractivity contribution >= 4 is 68.8 Å². The van der Waals surface area contributed by atoms with Crippen LogP contribution in [0.25, 0.3) is 0 Å². The quantitative estimate of drug-likeness (QED) is 0.192. The van der Waals surface area contributed by atoms with Gasteiger partial charge < -0.3 is 18.9 Å². The van der Waals surface area contributed by atoms with Crippen molar-refractivity contribution in [1.29, 1.82) is 0 Å². The summed E-state index contributed by atoms with van der Waals surface area (Å²) in [6.45, 7) is 21.2. The third-order valence-electron chi connectivity index (χ3n) is 7.42. The number of hydrogen-bond donors (Lipinski definition) is 0. The highest BCUT2D eigenvalue weighted by molar-refractivity contribution is 7.95. The van der Waals surface area contributed by atoms with E-state index in [1.165, 1.54) is 0 Å². The largest absolute Gasteiger partial charge is 0.616 e. The van der Waals surface area contributed by atoms with Gasteiger partial charge in [-0.3, -0.25) is 19.4 Å². The van der Waals surface area contributed by atoms with Gasteiger partial charge in [0.15, 0.2) is 10.2 Å². The molecule has 2 fully saturated rings. The highest BCUT2D eigenvalue weighted by Crippen LogP contribution is 2.29. The zero-order valence-corrected chi connectivity index (χ0v) is 27.9. The Hall–Kier alpha value is -0.920. The molecule has 3 unspecified atom stereocenters. The molecule has 0 aliphatic carbocycles. The van der Waals surface area contributed by atoms with Crippen molar-refractivity contribution in [3.05, 3.63) is 11.5 Å². The number of allylic oxidation sites excluding steroid dienone is 1. The third-order valence-corrected chi connectivity index (χ3v) is 11.4. The van der Waals surface area contributed by atoms with Crippen molar-refractivity contribution in [3.63, 3.8) is 0 Å². The number of thiocarbonyl (C=S) groups is 2. The van der Waals surface area contributed by atoms with E-state index in [1.54, 1.807) is 9.80 Å². The number of rotatable bonds is 16. The molecule has 0 aromatic heterocycles. The van der Waals surface area contributed by atoms with Crippen molar-refractivity contribution in [1.82, 2.24) is 19.6 Å². The van der Waals surface area contributed by atoms with Gasteiger partial charge in [-0.15, -0.1) is 0 Å². The van der Waals surface area contributed by atoms with Gasteiger partial charge in [-0.1, -0.05) is 38.9 Å². The molecule has 3 atom stereocenters. The van der Waals surface area contributed by atoms with Gasteiger partial charge in [-0.05, 0) is 86.6 Å². The lowest BCUT2D eigenvalue weighted by atomic mass is 9.89. The molecule has 2 amide bonds. The van der Waals surface area contributed by atoms with Crippen LogP contribution in [0.4, 0.5) is 0 Å². The van der Waals surface area contributed by atoms with E-state index in [4.69, 9.17) is 24.4 Å².